The fourth-order valence-corrected chi connectivity index (χ4v) is 1.41. The van der Waals surface area contributed by atoms with Gasteiger partial charge in [0.05, 0.1) is 16.4 Å². The number of rotatable bonds is 3. The van der Waals surface area contributed by atoms with Crippen molar-refractivity contribution in [2.24, 2.45) is 11.6 Å². The third-order valence-corrected chi connectivity index (χ3v) is 2.34. The summed E-state index contributed by atoms with van der Waals surface area (Å²) >= 11 is 5.59. The average molecular weight is 278 g/mol. The third-order valence-electron chi connectivity index (χ3n) is 2.05. The van der Waals surface area contributed by atoms with Crippen LogP contribution in [0.1, 0.15) is 19.4 Å². The predicted octanol–water partition coefficient (Wildman–Crippen LogP) is 3.26. The quantitative estimate of drug-likeness (QED) is 0.659. The lowest BCUT2D eigenvalue weighted by Gasteiger charge is -2.17. The molecule has 0 saturated carbocycles. The van der Waals surface area contributed by atoms with E-state index < -0.39 is 12.5 Å². The molecule has 1 aromatic rings. The Morgan fingerprint density at radius 3 is 2.50 bits per heavy atom. The lowest BCUT2D eigenvalue weighted by atomic mass is 10.2. The summed E-state index contributed by atoms with van der Waals surface area (Å²) in [5.74, 6) is 5.04. The number of nitrogens with two attached hydrogens (primary N) is 2. The zero-order valence-corrected chi connectivity index (χ0v) is 11.4. The first kappa shape index (κ1) is 16.7. The molecule has 1 rings (SSSR count). The van der Waals surface area contributed by atoms with E-state index in [1.807, 2.05) is 13.8 Å². The van der Waals surface area contributed by atoms with Crippen LogP contribution in [0.4, 0.5) is 14.5 Å². The highest BCUT2D eigenvalue weighted by molar-refractivity contribution is 6.30. The number of allylic oxidation sites excluding steroid dienone is 1. The van der Waals surface area contributed by atoms with E-state index in [-0.39, 0.29) is 16.3 Å². The van der Waals surface area contributed by atoms with E-state index in [1.165, 1.54) is 25.3 Å². The number of hydrogen-bond donors (Lipinski definition) is 2. The minimum Gasteiger partial charge on any atom is -0.399 e. The molecule has 0 atom stereocenters. The fraction of sp³-hybridized carbons (Fsp3) is 0.333. The number of nitrogens with zero attached hydrogens (tertiary/aromatic N) is 1. The zero-order chi connectivity index (χ0) is 14.3. The van der Waals surface area contributed by atoms with E-state index in [2.05, 4.69) is 0 Å². The number of halogens is 3. The van der Waals surface area contributed by atoms with Crippen LogP contribution in [-0.2, 0) is 0 Å². The Morgan fingerprint density at radius 2 is 2.00 bits per heavy atom. The van der Waals surface area contributed by atoms with E-state index in [1.54, 1.807) is 0 Å². The molecule has 0 fully saturated rings. The first-order chi connectivity index (χ1) is 8.47. The van der Waals surface area contributed by atoms with Crippen LogP contribution in [0.2, 0.25) is 5.02 Å². The molecule has 6 heteroatoms. The summed E-state index contributed by atoms with van der Waals surface area (Å²) < 4.78 is 25.6. The van der Waals surface area contributed by atoms with Gasteiger partial charge in [0.2, 0.25) is 0 Å². The van der Waals surface area contributed by atoms with E-state index in [0.717, 1.165) is 5.01 Å². The molecular formula is C12H18ClF2N3. The van der Waals surface area contributed by atoms with Gasteiger partial charge in [-0.05, 0) is 19.1 Å². The van der Waals surface area contributed by atoms with Crippen molar-refractivity contribution in [2.45, 2.75) is 20.8 Å². The van der Waals surface area contributed by atoms with Crippen LogP contribution in [-0.4, -0.2) is 6.67 Å². The Bertz CT molecular complexity index is 422. The molecule has 18 heavy (non-hydrogen) atoms. The summed E-state index contributed by atoms with van der Waals surface area (Å²) in [5, 5.41) is 1.07. The maximum atomic E-state index is 13.4. The highest BCUT2D eigenvalue weighted by Crippen LogP contribution is 2.26. The second-order valence-electron chi connectivity index (χ2n) is 3.25. The smallest absolute Gasteiger partial charge is 0.146 e. The Kier molecular flexibility index (Phi) is 7.31. The molecule has 0 bridgehead atoms. The molecule has 0 aliphatic carbocycles. The van der Waals surface area contributed by atoms with Crippen molar-refractivity contribution in [1.29, 1.82) is 0 Å². The van der Waals surface area contributed by atoms with Gasteiger partial charge in [0, 0.05) is 11.8 Å². The fourth-order valence-electron chi connectivity index (χ4n) is 1.20. The van der Waals surface area contributed by atoms with Crippen molar-refractivity contribution in [2.75, 3.05) is 11.7 Å². The van der Waals surface area contributed by atoms with Crippen molar-refractivity contribution in [1.82, 2.24) is 0 Å². The van der Waals surface area contributed by atoms with Crippen LogP contribution >= 0.6 is 11.6 Å². The number of alkyl halides is 1. The summed E-state index contributed by atoms with van der Waals surface area (Å²) in [6.07, 6.45) is 1.19. The van der Waals surface area contributed by atoms with Gasteiger partial charge >= 0.3 is 0 Å². The van der Waals surface area contributed by atoms with Gasteiger partial charge in [-0.15, -0.1) is 0 Å². The molecule has 0 saturated heterocycles. The van der Waals surface area contributed by atoms with Crippen molar-refractivity contribution in [3.8, 4) is 0 Å². The maximum Gasteiger partial charge on any atom is 0.146 e. The number of anilines is 1. The van der Waals surface area contributed by atoms with E-state index in [4.69, 9.17) is 23.2 Å². The van der Waals surface area contributed by atoms with Crippen LogP contribution in [0.5, 0.6) is 0 Å². The highest BCUT2D eigenvalue weighted by Gasteiger charge is 2.11. The van der Waals surface area contributed by atoms with Crippen LogP contribution in [0, 0.1) is 12.7 Å². The monoisotopic (exact) mass is 277 g/mol. The van der Waals surface area contributed by atoms with Gasteiger partial charge < -0.3 is 5.73 Å². The van der Waals surface area contributed by atoms with Gasteiger partial charge in [0.25, 0.3) is 0 Å². The normalized spacial score (nSPS) is 10.7. The van der Waals surface area contributed by atoms with E-state index >= 15 is 0 Å². The molecule has 0 aromatic heterocycles. The van der Waals surface area contributed by atoms with Gasteiger partial charge in [0.1, 0.15) is 12.5 Å². The first-order valence-electron chi connectivity index (χ1n) is 5.48. The van der Waals surface area contributed by atoms with Crippen LogP contribution in [0.3, 0.4) is 0 Å². The van der Waals surface area contributed by atoms with Crippen molar-refractivity contribution < 1.29 is 8.78 Å². The van der Waals surface area contributed by atoms with Gasteiger partial charge in [-0.2, -0.15) is 0 Å². The van der Waals surface area contributed by atoms with Crippen LogP contribution in [0.25, 0.3) is 0 Å². The van der Waals surface area contributed by atoms with Crippen molar-refractivity contribution >= 4 is 17.3 Å². The average Bonchev–Trinajstić information content (AvgIpc) is 2.38. The Morgan fingerprint density at radius 1 is 1.44 bits per heavy atom. The van der Waals surface area contributed by atoms with Gasteiger partial charge in [-0.1, -0.05) is 25.4 Å². The SMILES string of the molecule is CC.Cc1c(N(N)/C=C(\N)CF)ccc(Cl)c1F. The third kappa shape index (κ3) is 4.16. The molecule has 102 valence electrons. The molecule has 4 N–H and O–H groups in total. The van der Waals surface area contributed by atoms with Crippen molar-refractivity contribution in [3.63, 3.8) is 0 Å². The molecule has 0 spiro atoms. The molecule has 0 heterocycles. The molecule has 0 radical (unpaired) electrons. The lowest BCUT2D eigenvalue weighted by Crippen LogP contribution is -2.27. The lowest BCUT2D eigenvalue weighted by molar-refractivity contribution is 0.538. The molecule has 0 aliphatic heterocycles. The molecule has 0 unspecified atom stereocenters. The minimum absolute atomic E-state index is 0.0112. The summed E-state index contributed by atoms with van der Waals surface area (Å²) in [4.78, 5) is 0. The molecule has 3 nitrogen and oxygen atoms in total. The highest BCUT2D eigenvalue weighted by atomic mass is 35.5. The van der Waals surface area contributed by atoms with Gasteiger partial charge in [0.15, 0.2) is 0 Å². The summed E-state index contributed by atoms with van der Waals surface area (Å²) in [6, 6.07) is 2.90. The summed E-state index contributed by atoms with van der Waals surface area (Å²) in [5.41, 5.74) is 5.88. The van der Waals surface area contributed by atoms with Gasteiger partial charge in [-0.25, -0.2) is 14.6 Å². The topological polar surface area (TPSA) is 55.3 Å². The van der Waals surface area contributed by atoms with Crippen LogP contribution in [0.15, 0.2) is 24.0 Å². The standard InChI is InChI=1S/C10H12ClF2N3.C2H6/c1-6-9(3-2-8(11)10(6)13)16(15)5-7(14)4-12;1-2/h2-3,5H,4,14-15H2,1H3;1-2H3/b7-5-;. The largest absolute Gasteiger partial charge is 0.399 e. The molecular weight excluding hydrogens is 260 g/mol. The second kappa shape index (κ2) is 7.89. The van der Waals surface area contributed by atoms with Crippen molar-refractivity contribution in [3.05, 3.63) is 40.4 Å². The summed E-state index contributed by atoms with van der Waals surface area (Å²) in [7, 11) is 0. The Balaban J connectivity index is 0.00000137. The Hall–Kier alpha value is -1.33. The van der Waals surface area contributed by atoms with Crippen LogP contribution < -0.4 is 16.6 Å². The first-order valence-corrected chi connectivity index (χ1v) is 5.85. The predicted molar refractivity (Wildman–Crippen MR) is 72.4 cm³/mol. The number of hydrazine groups is 1. The maximum absolute atomic E-state index is 13.4. The van der Waals surface area contributed by atoms with E-state index in [9.17, 15) is 8.78 Å². The minimum atomic E-state index is -0.817. The number of benzene rings is 1. The van der Waals surface area contributed by atoms with Gasteiger partial charge in [-0.3, -0.25) is 5.01 Å². The second-order valence-corrected chi connectivity index (χ2v) is 3.66. The Labute approximate surface area is 111 Å². The summed E-state index contributed by atoms with van der Waals surface area (Å²) in [6.45, 7) is 4.71. The zero-order valence-electron chi connectivity index (χ0n) is 10.7. The van der Waals surface area contributed by atoms with E-state index in [0.29, 0.717) is 5.69 Å². The molecule has 0 aliphatic rings. The molecule has 1 aromatic carbocycles. The number of hydrogen-bond acceptors (Lipinski definition) is 3. The molecule has 0 amide bonds.